The van der Waals surface area contributed by atoms with Crippen molar-refractivity contribution in [2.45, 2.75) is 0 Å². The van der Waals surface area contributed by atoms with E-state index in [1.54, 1.807) is 18.3 Å². The van der Waals surface area contributed by atoms with Crippen molar-refractivity contribution in [2.24, 2.45) is 0 Å². The van der Waals surface area contributed by atoms with Gasteiger partial charge in [-0.25, -0.2) is 0 Å². The average Bonchev–Trinajstić information content (AvgIpc) is 2.35. The Morgan fingerprint density at radius 2 is 2.26 bits per heavy atom. The van der Waals surface area contributed by atoms with Crippen LogP contribution in [0.2, 0.25) is 5.02 Å². The van der Waals surface area contributed by atoms with E-state index in [2.05, 4.69) is 20.9 Å². The quantitative estimate of drug-likeness (QED) is 0.647. The van der Waals surface area contributed by atoms with Crippen LogP contribution < -0.4 is 4.74 Å². The molecule has 0 saturated carbocycles. The van der Waals surface area contributed by atoms with Gasteiger partial charge >= 0.3 is 5.97 Å². The van der Waals surface area contributed by atoms with Crippen molar-refractivity contribution in [3.05, 3.63) is 33.9 Å². The molecule has 1 heterocycles. The van der Waals surface area contributed by atoms with Crippen LogP contribution in [0.3, 0.4) is 0 Å². The summed E-state index contributed by atoms with van der Waals surface area (Å²) >= 11 is 10.6. The fourth-order valence-electron chi connectivity index (χ4n) is 1.45. The van der Waals surface area contributed by atoms with Crippen LogP contribution in [0.4, 0.5) is 0 Å². The number of benzene rings is 1. The first-order valence-electron chi connectivity index (χ1n) is 5.23. The molecule has 2 rings (SSSR count). The smallest absolute Gasteiger partial charge is 0.313 e. The first-order valence-corrected chi connectivity index (χ1v) is 7.56. The van der Waals surface area contributed by atoms with Crippen LogP contribution in [-0.2, 0) is 4.79 Å². The summed E-state index contributed by atoms with van der Waals surface area (Å²) in [7, 11) is 0. The van der Waals surface area contributed by atoms with Crippen molar-refractivity contribution in [2.75, 3.05) is 11.7 Å². The van der Waals surface area contributed by atoms with Crippen LogP contribution in [0.5, 0.6) is 5.75 Å². The van der Waals surface area contributed by atoms with Gasteiger partial charge in [-0.15, -0.1) is 11.8 Å². The zero-order chi connectivity index (χ0) is 13.8. The molecule has 2 aromatic rings. The second-order valence-corrected chi connectivity index (χ2v) is 5.89. The Bertz CT molecular complexity index is 623. The zero-order valence-electron chi connectivity index (χ0n) is 9.60. The van der Waals surface area contributed by atoms with Crippen molar-refractivity contribution in [1.29, 1.82) is 0 Å². The molecule has 100 valence electrons. The maximum atomic E-state index is 10.4. The SMILES string of the molecule is O=C(O)CSCOc1cc2cc(Br)cnc2cc1Cl. The first kappa shape index (κ1) is 14.4. The van der Waals surface area contributed by atoms with Crippen LogP contribution in [0, 0.1) is 0 Å². The fraction of sp³-hybridized carbons (Fsp3) is 0.167. The number of hydrogen-bond acceptors (Lipinski definition) is 4. The van der Waals surface area contributed by atoms with Gasteiger partial charge in [0.1, 0.15) is 11.7 Å². The van der Waals surface area contributed by atoms with Gasteiger partial charge in [0.15, 0.2) is 0 Å². The van der Waals surface area contributed by atoms with Crippen molar-refractivity contribution in [3.8, 4) is 5.75 Å². The molecule has 7 heteroatoms. The Kier molecular flexibility index (Phi) is 4.90. The molecule has 1 aromatic heterocycles. The molecule has 0 atom stereocenters. The summed E-state index contributed by atoms with van der Waals surface area (Å²) in [5.74, 6) is -0.115. The summed E-state index contributed by atoms with van der Waals surface area (Å²) in [6.45, 7) is 0. The van der Waals surface area contributed by atoms with Gasteiger partial charge in [0.2, 0.25) is 0 Å². The number of thioether (sulfide) groups is 1. The number of nitrogens with zero attached hydrogens (tertiary/aromatic N) is 1. The topological polar surface area (TPSA) is 59.4 Å². The number of aliphatic carboxylic acids is 1. The van der Waals surface area contributed by atoms with E-state index in [4.69, 9.17) is 21.4 Å². The number of pyridine rings is 1. The first-order chi connectivity index (χ1) is 9.06. The van der Waals surface area contributed by atoms with E-state index in [1.807, 2.05) is 6.07 Å². The molecule has 0 bridgehead atoms. The monoisotopic (exact) mass is 361 g/mol. The lowest BCUT2D eigenvalue weighted by Crippen LogP contribution is -2.02. The molecule has 1 N–H and O–H groups in total. The second kappa shape index (κ2) is 6.45. The van der Waals surface area contributed by atoms with Gasteiger partial charge in [0, 0.05) is 16.1 Å². The minimum atomic E-state index is -0.869. The highest BCUT2D eigenvalue weighted by atomic mass is 79.9. The minimum Gasteiger partial charge on any atom is -0.481 e. The van der Waals surface area contributed by atoms with E-state index < -0.39 is 5.97 Å². The number of fused-ring (bicyclic) bond motifs is 1. The third kappa shape index (κ3) is 3.99. The van der Waals surface area contributed by atoms with Crippen molar-refractivity contribution >= 4 is 56.2 Å². The Labute approximate surface area is 127 Å². The summed E-state index contributed by atoms with van der Waals surface area (Å²) < 4.78 is 6.33. The highest BCUT2D eigenvalue weighted by Gasteiger charge is 2.06. The molecule has 1 aromatic carbocycles. The number of carboxylic acid groups (broad SMARTS) is 1. The molecule has 0 fully saturated rings. The van der Waals surface area contributed by atoms with Gasteiger partial charge < -0.3 is 9.84 Å². The molecule has 0 amide bonds. The molecule has 4 nitrogen and oxygen atoms in total. The van der Waals surface area contributed by atoms with E-state index in [-0.39, 0.29) is 11.7 Å². The lowest BCUT2D eigenvalue weighted by molar-refractivity contribution is -0.133. The van der Waals surface area contributed by atoms with E-state index in [9.17, 15) is 4.79 Å². The number of hydrogen-bond donors (Lipinski definition) is 1. The number of carbonyl (C=O) groups is 1. The van der Waals surface area contributed by atoms with Crippen molar-refractivity contribution in [3.63, 3.8) is 0 Å². The summed E-state index contributed by atoms with van der Waals surface area (Å²) in [5, 5.41) is 9.88. The summed E-state index contributed by atoms with van der Waals surface area (Å²) in [6, 6.07) is 5.42. The Morgan fingerprint density at radius 1 is 1.47 bits per heavy atom. The fourth-order valence-corrected chi connectivity index (χ4v) is 2.48. The molecular formula is C12H9BrClNO3S. The molecule has 0 spiro atoms. The standard InChI is InChI=1S/C12H9BrClNO3S/c13-8-1-7-2-11(18-6-19-5-12(16)17)9(14)3-10(7)15-4-8/h1-4H,5-6H2,(H,16,17). The average molecular weight is 363 g/mol. The third-order valence-electron chi connectivity index (χ3n) is 2.22. The normalized spacial score (nSPS) is 10.6. The molecule has 0 aliphatic carbocycles. The molecular weight excluding hydrogens is 354 g/mol. The predicted molar refractivity (Wildman–Crippen MR) is 80.0 cm³/mol. The number of carboxylic acids is 1. The van der Waals surface area contributed by atoms with E-state index in [0.717, 1.165) is 15.4 Å². The van der Waals surface area contributed by atoms with E-state index in [1.165, 1.54) is 11.8 Å². The van der Waals surface area contributed by atoms with Crippen LogP contribution in [-0.4, -0.2) is 27.8 Å². The van der Waals surface area contributed by atoms with E-state index in [0.29, 0.717) is 10.8 Å². The van der Waals surface area contributed by atoms with Crippen LogP contribution in [0.1, 0.15) is 0 Å². The zero-order valence-corrected chi connectivity index (χ0v) is 12.8. The number of aromatic nitrogens is 1. The number of rotatable bonds is 5. The van der Waals surface area contributed by atoms with Gasteiger partial charge in [0.25, 0.3) is 0 Å². The predicted octanol–water partition coefficient (Wildman–Crippen LogP) is 3.80. The highest BCUT2D eigenvalue weighted by Crippen LogP contribution is 2.30. The molecule has 0 unspecified atom stereocenters. The molecule has 0 aliphatic heterocycles. The van der Waals surface area contributed by atoms with Gasteiger partial charge in [-0.2, -0.15) is 0 Å². The Balaban J connectivity index is 2.14. The number of ether oxygens (including phenoxy) is 1. The highest BCUT2D eigenvalue weighted by molar-refractivity contribution is 9.10. The summed E-state index contributed by atoms with van der Waals surface area (Å²) in [4.78, 5) is 14.6. The van der Waals surface area contributed by atoms with Crippen LogP contribution in [0.15, 0.2) is 28.9 Å². The second-order valence-electron chi connectivity index (χ2n) is 3.63. The van der Waals surface area contributed by atoms with Crippen molar-refractivity contribution in [1.82, 2.24) is 4.98 Å². The van der Waals surface area contributed by atoms with Gasteiger partial charge in [-0.1, -0.05) is 11.6 Å². The minimum absolute atomic E-state index is 0.00168. The molecule has 19 heavy (non-hydrogen) atoms. The van der Waals surface area contributed by atoms with Gasteiger partial charge in [0.05, 0.1) is 16.3 Å². The Morgan fingerprint density at radius 3 is 3.00 bits per heavy atom. The van der Waals surface area contributed by atoms with Crippen LogP contribution >= 0.6 is 39.3 Å². The maximum absolute atomic E-state index is 10.4. The number of halogens is 2. The summed E-state index contributed by atoms with van der Waals surface area (Å²) in [5.41, 5.74) is 0.777. The van der Waals surface area contributed by atoms with Gasteiger partial charge in [-0.05, 0) is 34.1 Å². The van der Waals surface area contributed by atoms with E-state index >= 15 is 0 Å². The maximum Gasteiger partial charge on any atom is 0.313 e. The molecule has 0 saturated heterocycles. The molecule has 0 radical (unpaired) electrons. The Hall–Kier alpha value is -0.980. The third-order valence-corrected chi connectivity index (χ3v) is 3.69. The lowest BCUT2D eigenvalue weighted by atomic mass is 10.2. The molecule has 0 aliphatic rings. The van der Waals surface area contributed by atoms with Gasteiger partial charge in [-0.3, -0.25) is 9.78 Å². The lowest BCUT2D eigenvalue weighted by Gasteiger charge is -2.08. The van der Waals surface area contributed by atoms with Crippen molar-refractivity contribution < 1.29 is 14.6 Å². The van der Waals surface area contributed by atoms with Crippen LogP contribution in [0.25, 0.3) is 10.9 Å². The summed E-state index contributed by atoms with van der Waals surface area (Å²) in [6.07, 6.45) is 1.70. The largest absolute Gasteiger partial charge is 0.481 e.